The Bertz CT molecular complexity index is 320. The smallest absolute Gasteiger partial charge is 0.245 e. The standard InChI is InChI=1S/C13H25N3O3/c1-4-15-12(17)11-8-19-6-5-16(11)13(18)10(7-14)9(2)3/h9-11H,4-8,14H2,1-3H3,(H,15,17). The van der Waals surface area contributed by atoms with Crippen molar-refractivity contribution in [1.82, 2.24) is 10.2 Å². The molecule has 0 saturated carbocycles. The Morgan fingerprint density at radius 3 is 2.68 bits per heavy atom. The van der Waals surface area contributed by atoms with Gasteiger partial charge in [0.15, 0.2) is 0 Å². The third-order valence-electron chi connectivity index (χ3n) is 3.44. The van der Waals surface area contributed by atoms with Crippen LogP contribution in [0.1, 0.15) is 20.8 Å². The predicted octanol–water partition coefficient (Wildman–Crippen LogP) is -0.419. The predicted molar refractivity (Wildman–Crippen MR) is 72.4 cm³/mol. The first-order valence-corrected chi connectivity index (χ1v) is 6.88. The number of rotatable bonds is 5. The van der Waals surface area contributed by atoms with Gasteiger partial charge in [0, 0.05) is 19.6 Å². The van der Waals surface area contributed by atoms with E-state index in [0.29, 0.717) is 26.2 Å². The first kappa shape index (κ1) is 15.9. The average Bonchev–Trinajstić information content (AvgIpc) is 2.39. The molecule has 6 heteroatoms. The Labute approximate surface area is 114 Å². The topological polar surface area (TPSA) is 84.7 Å². The number of carbonyl (C=O) groups excluding carboxylic acids is 2. The van der Waals surface area contributed by atoms with Crippen molar-refractivity contribution in [3.63, 3.8) is 0 Å². The van der Waals surface area contributed by atoms with Gasteiger partial charge in [0.05, 0.1) is 19.1 Å². The fraction of sp³-hybridized carbons (Fsp3) is 0.846. The lowest BCUT2D eigenvalue weighted by atomic mass is 9.93. The fourth-order valence-electron chi connectivity index (χ4n) is 2.25. The largest absolute Gasteiger partial charge is 0.377 e. The Balaban J connectivity index is 2.81. The summed E-state index contributed by atoms with van der Waals surface area (Å²) in [5, 5.41) is 2.74. The number of nitrogens with zero attached hydrogens (tertiary/aromatic N) is 1. The van der Waals surface area contributed by atoms with Crippen molar-refractivity contribution < 1.29 is 14.3 Å². The third-order valence-corrected chi connectivity index (χ3v) is 3.44. The van der Waals surface area contributed by atoms with E-state index >= 15 is 0 Å². The summed E-state index contributed by atoms with van der Waals surface area (Å²) in [6, 6.07) is -0.533. The third kappa shape index (κ3) is 3.91. The summed E-state index contributed by atoms with van der Waals surface area (Å²) in [4.78, 5) is 26.1. The van der Waals surface area contributed by atoms with Gasteiger partial charge in [-0.1, -0.05) is 13.8 Å². The van der Waals surface area contributed by atoms with Crippen LogP contribution in [0.15, 0.2) is 0 Å². The molecule has 110 valence electrons. The zero-order valence-corrected chi connectivity index (χ0v) is 12.0. The lowest BCUT2D eigenvalue weighted by Crippen LogP contribution is -2.58. The van der Waals surface area contributed by atoms with Gasteiger partial charge in [0.25, 0.3) is 0 Å². The first-order chi connectivity index (χ1) is 9.02. The number of amides is 2. The minimum absolute atomic E-state index is 0.0444. The molecule has 0 bridgehead atoms. The maximum atomic E-state index is 12.5. The molecule has 0 aromatic rings. The second-order valence-corrected chi connectivity index (χ2v) is 5.10. The van der Waals surface area contributed by atoms with E-state index in [2.05, 4.69) is 5.32 Å². The van der Waals surface area contributed by atoms with E-state index in [-0.39, 0.29) is 30.3 Å². The summed E-state index contributed by atoms with van der Waals surface area (Å²) in [7, 11) is 0. The SMILES string of the molecule is CCNC(=O)C1COCCN1C(=O)C(CN)C(C)C. The highest BCUT2D eigenvalue weighted by Crippen LogP contribution is 2.17. The fourth-order valence-corrected chi connectivity index (χ4v) is 2.25. The first-order valence-electron chi connectivity index (χ1n) is 6.88. The summed E-state index contributed by atoms with van der Waals surface area (Å²) in [6.07, 6.45) is 0. The van der Waals surface area contributed by atoms with Crippen molar-refractivity contribution >= 4 is 11.8 Å². The molecular weight excluding hydrogens is 246 g/mol. The number of carbonyl (C=O) groups is 2. The van der Waals surface area contributed by atoms with Gasteiger partial charge in [-0.05, 0) is 12.8 Å². The van der Waals surface area contributed by atoms with Gasteiger partial charge >= 0.3 is 0 Å². The molecule has 2 atom stereocenters. The molecule has 1 rings (SSSR count). The number of morpholine rings is 1. The van der Waals surface area contributed by atoms with Gasteiger partial charge < -0.3 is 20.7 Å². The minimum atomic E-state index is -0.533. The summed E-state index contributed by atoms with van der Waals surface area (Å²) < 4.78 is 5.32. The van der Waals surface area contributed by atoms with Gasteiger partial charge in [-0.15, -0.1) is 0 Å². The molecule has 3 N–H and O–H groups in total. The molecule has 1 aliphatic heterocycles. The summed E-state index contributed by atoms with van der Waals surface area (Å²) in [5.74, 6) is -0.280. The van der Waals surface area contributed by atoms with Crippen LogP contribution in [-0.2, 0) is 14.3 Å². The van der Waals surface area contributed by atoms with Gasteiger partial charge in [-0.3, -0.25) is 9.59 Å². The molecule has 1 heterocycles. The highest BCUT2D eigenvalue weighted by molar-refractivity contribution is 5.89. The Morgan fingerprint density at radius 2 is 2.16 bits per heavy atom. The molecular formula is C13H25N3O3. The lowest BCUT2D eigenvalue weighted by Gasteiger charge is -2.37. The number of hydrogen-bond donors (Lipinski definition) is 2. The van der Waals surface area contributed by atoms with Crippen molar-refractivity contribution in [3.8, 4) is 0 Å². The highest BCUT2D eigenvalue weighted by atomic mass is 16.5. The Morgan fingerprint density at radius 1 is 1.47 bits per heavy atom. The molecule has 19 heavy (non-hydrogen) atoms. The van der Waals surface area contributed by atoms with Crippen LogP contribution >= 0.6 is 0 Å². The highest BCUT2D eigenvalue weighted by Gasteiger charge is 2.36. The van der Waals surface area contributed by atoms with Crippen LogP contribution in [0, 0.1) is 11.8 Å². The van der Waals surface area contributed by atoms with Crippen LogP contribution < -0.4 is 11.1 Å². The summed E-state index contributed by atoms with van der Waals surface area (Å²) in [5.41, 5.74) is 5.68. The van der Waals surface area contributed by atoms with E-state index in [0.717, 1.165) is 0 Å². The number of nitrogens with one attached hydrogen (secondary N) is 1. The van der Waals surface area contributed by atoms with E-state index < -0.39 is 6.04 Å². The van der Waals surface area contributed by atoms with Gasteiger partial charge in [0.1, 0.15) is 6.04 Å². The average molecular weight is 271 g/mol. The van der Waals surface area contributed by atoms with Crippen LogP contribution in [0.3, 0.4) is 0 Å². The number of nitrogens with two attached hydrogens (primary N) is 1. The molecule has 6 nitrogen and oxygen atoms in total. The van der Waals surface area contributed by atoms with Crippen LogP contribution in [0.5, 0.6) is 0 Å². The second kappa shape index (κ2) is 7.45. The van der Waals surface area contributed by atoms with Crippen molar-refractivity contribution in [2.45, 2.75) is 26.8 Å². The molecule has 2 amide bonds. The van der Waals surface area contributed by atoms with Crippen molar-refractivity contribution in [2.24, 2.45) is 17.6 Å². The quantitative estimate of drug-likeness (QED) is 0.711. The van der Waals surface area contributed by atoms with Crippen LogP contribution in [-0.4, -0.2) is 55.6 Å². The Kier molecular flexibility index (Phi) is 6.24. The molecule has 1 fully saturated rings. The summed E-state index contributed by atoms with van der Waals surface area (Å²) in [6.45, 7) is 7.81. The maximum absolute atomic E-state index is 12.5. The number of likely N-dealkylation sites (N-methyl/N-ethyl adjacent to an activating group) is 1. The van der Waals surface area contributed by atoms with Gasteiger partial charge in [0.2, 0.25) is 11.8 Å². The van der Waals surface area contributed by atoms with Crippen LogP contribution in [0.25, 0.3) is 0 Å². The van der Waals surface area contributed by atoms with E-state index in [1.165, 1.54) is 0 Å². The maximum Gasteiger partial charge on any atom is 0.245 e. The monoisotopic (exact) mass is 271 g/mol. The molecule has 0 spiro atoms. The van der Waals surface area contributed by atoms with Gasteiger partial charge in [-0.25, -0.2) is 0 Å². The second-order valence-electron chi connectivity index (χ2n) is 5.10. The number of ether oxygens (including phenoxy) is 1. The molecule has 1 aliphatic rings. The Hall–Kier alpha value is -1.14. The normalized spacial score (nSPS) is 21.3. The lowest BCUT2D eigenvalue weighted by molar-refractivity contribution is -0.152. The van der Waals surface area contributed by atoms with E-state index in [4.69, 9.17) is 10.5 Å². The molecule has 0 aliphatic carbocycles. The molecule has 1 saturated heterocycles. The van der Waals surface area contributed by atoms with E-state index in [1.807, 2.05) is 20.8 Å². The molecule has 2 unspecified atom stereocenters. The van der Waals surface area contributed by atoms with Crippen LogP contribution in [0.2, 0.25) is 0 Å². The zero-order chi connectivity index (χ0) is 14.4. The van der Waals surface area contributed by atoms with Crippen molar-refractivity contribution in [1.29, 1.82) is 0 Å². The van der Waals surface area contributed by atoms with Crippen molar-refractivity contribution in [3.05, 3.63) is 0 Å². The van der Waals surface area contributed by atoms with Gasteiger partial charge in [-0.2, -0.15) is 0 Å². The molecule has 0 aromatic heterocycles. The minimum Gasteiger partial charge on any atom is -0.377 e. The van der Waals surface area contributed by atoms with E-state index in [1.54, 1.807) is 4.90 Å². The number of hydrogen-bond acceptors (Lipinski definition) is 4. The summed E-state index contributed by atoms with van der Waals surface area (Å²) >= 11 is 0. The van der Waals surface area contributed by atoms with Crippen molar-refractivity contribution in [2.75, 3.05) is 32.8 Å². The van der Waals surface area contributed by atoms with Crippen LogP contribution in [0.4, 0.5) is 0 Å². The molecule has 0 radical (unpaired) electrons. The molecule has 0 aromatic carbocycles. The van der Waals surface area contributed by atoms with E-state index in [9.17, 15) is 9.59 Å². The zero-order valence-electron chi connectivity index (χ0n) is 12.0.